The number of benzene rings is 2. The van der Waals surface area contributed by atoms with Crippen molar-refractivity contribution in [1.29, 1.82) is 0 Å². The maximum atomic E-state index is 12.3. The quantitative estimate of drug-likeness (QED) is 0.834. The van der Waals surface area contributed by atoms with Gasteiger partial charge in [-0.1, -0.05) is 48.5 Å². The fourth-order valence-corrected chi connectivity index (χ4v) is 2.78. The molecule has 21 heavy (non-hydrogen) atoms. The lowest BCUT2D eigenvalue weighted by atomic mass is 9.70. The third-order valence-electron chi connectivity index (χ3n) is 3.84. The van der Waals surface area contributed by atoms with Crippen LogP contribution in [-0.4, -0.2) is 11.8 Å². The van der Waals surface area contributed by atoms with Crippen molar-refractivity contribution in [3.05, 3.63) is 70.8 Å². The highest BCUT2D eigenvalue weighted by atomic mass is 16.2. The van der Waals surface area contributed by atoms with E-state index in [9.17, 15) is 9.59 Å². The van der Waals surface area contributed by atoms with Crippen molar-refractivity contribution >= 4 is 11.8 Å². The zero-order valence-corrected chi connectivity index (χ0v) is 12.1. The van der Waals surface area contributed by atoms with E-state index in [1.54, 1.807) is 24.3 Å². The highest BCUT2D eigenvalue weighted by Crippen LogP contribution is 2.35. The van der Waals surface area contributed by atoms with E-state index in [2.05, 4.69) is 0 Å². The van der Waals surface area contributed by atoms with Crippen LogP contribution in [0, 0.1) is 13.8 Å². The Kier molecular flexibility index (Phi) is 3.80. The summed E-state index contributed by atoms with van der Waals surface area (Å²) in [6.45, 7) is 3.66. The molecular formula is C17H18N2O2. The summed E-state index contributed by atoms with van der Waals surface area (Å²) in [5.41, 5.74) is 12.2. The lowest BCUT2D eigenvalue weighted by Gasteiger charge is -2.31. The van der Waals surface area contributed by atoms with Gasteiger partial charge in [0.1, 0.15) is 0 Å². The normalized spacial score (nSPS) is 11.1. The van der Waals surface area contributed by atoms with Crippen LogP contribution < -0.4 is 11.5 Å². The van der Waals surface area contributed by atoms with Gasteiger partial charge in [-0.3, -0.25) is 9.59 Å². The molecule has 0 aliphatic heterocycles. The predicted octanol–water partition coefficient (Wildman–Crippen LogP) is 1.56. The Labute approximate surface area is 123 Å². The van der Waals surface area contributed by atoms with Crippen LogP contribution in [0.3, 0.4) is 0 Å². The molecule has 2 amide bonds. The second-order valence-electron chi connectivity index (χ2n) is 5.11. The minimum absolute atomic E-state index is 0.527. The lowest BCUT2D eigenvalue weighted by Crippen LogP contribution is -2.53. The molecule has 4 nitrogen and oxygen atoms in total. The summed E-state index contributed by atoms with van der Waals surface area (Å²) in [7, 11) is 0. The summed E-state index contributed by atoms with van der Waals surface area (Å²) >= 11 is 0. The zero-order chi connectivity index (χ0) is 15.6. The van der Waals surface area contributed by atoms with Crippen molar-refractivity contribution in [2.24, 2.45) is 11.5 Å². The van der Waals surface area contributed by atoms with Crippen molar-refractivity contribution < 1.29 is 9.59 Å². The van der Waals surface area contributed by atoms with E-state index in [1.807, 2.05) is 38.1 Å². The van der Waals surface area contributed by atoms with E-state index in [4.69, 9.17) is 11.5 Å². The first kappa shape index (κ1) is 14.8. The average molecular weight is 282 g/mol. The second kappa shape index (κ2) is 5.40. The monoisotopic (exact) mass is 282 g/mol. The summed E-state index contributed by atoms with van der Waals surface area (Å²) in [6.07, 6.45) is 0. The summed E-state index contributed by atoms with van der Waals surface area (Å²) in [5, 5.41) is 0. The van der Waals surface area contributed by atoms with Crippen LogP contribution >= 0.6 is 0 Å². The van der Waals surface area contributed by atoms with E-state index in [0.29, 0.717) is 11.1 Å². The fourth-order valence-electron chi connectivity index (χ4n) is 2.78. The third kappa shape index (κ3) is 2.18. The zero-order valence-electron chi connectivity index (χ0n) is 12.1. The number of amides is 2. The van der Waals surface area contributed by atoms with Gasteiger partial charge in [0.25, 0.3) is 0 Å². The van der Waals surface area contributed by atoms with Crippen LogP contribution in [0.2, 0.25) is 0 Å². The molecule has 0 saturated heterocycles. The van der Waals surface area contributed by atoms with Crippen molar-refractivity contribution in [2.75, 3.05) is 0 Å². The highest BCUT2D eigenvalue weighted by molar-refractivity contribution is 6.13. The van der Waals surface area contributed by atoms with Gasteiger partial charge in [-0.15, -0.1) is 0 Å². The standard InChI is InChI=1S/C17H18N2O2/c1-11-7-3-5-9-13(11)17(15(18)20,16(19)21)14-10-6-4-8-12(14)2/h3-10H,1-2H3,(H2,18,20)(H2,19,21). The number of nitrogens with two attached hydrogens (primary N) is 2. The molecule has 0 radical (unpaired) electrons. The molecule has 2 rings (SSSR count). The number of hydrogen-bond acceptors (Lipinski definition) is 2. The van der Waals surface area contributed by atoms with Gasteiger partial charge < -0.3 is 11.5 Å². The van der Waals surface area contributed by atoms with E-state index in [-0.39, 0.29) is 0 Å². The van der Waals surface area contributed by atoms with Gasteiger partial charge in [-0.25, -0.2) is 0 Å². The largest absolute Gasteiger partial charge is 0.368 e. The van der Waals surface area contributed by atoms with Crippen molar-refractivity contribution in [1.82, 2.24) is 0 Å². The van der Waals surface area contributed by atoms with Crippen LogP contribution in [0.5, 0.6) is 0 Å². The molecule has 0 aliphatic rings. The second-order valence-corrected chi connectivity index (χ2v) is 5.11. The molecule has 0 atom stereocenters. The molecule has 0 spiro atoms. The number of primary amides is 2. The molecule has 0 fully saturated rings. The third-order valence-corrected chi connectivity index (χ3v) is 3.84. The number of hydrogen-bond donors (Lipinski definition) is 2. The summed E-state index contributed by atoms with van der Waals surface area (Å²) < 4.78 is 0. The van der Waals surface area contributed by atoms with E-state index in [0.717, 1.165) is 11.1 Å². The Balaban J connectivity index is 2.91. The number of carbonyl (C=O) groups is 2. The Morgan fingerprint density at radius 1 is 0.762 bits per heavy atom. The highest BCUT2D eigenvalue weighted by Gasteiger charge is 2.48. The Hall–Kier alpha value is -2.62. The molecule has 108 valence electrons. The van der Waals surface area contributed by atoms with Crippen molar-refractivity contribution in [3.63, 3.8) is 0 Å². The molecule has 0 unspecified atom stereocenters. The maximum absolute atomic E-state index is 12.3. The van der Waals surface area contributed by atoms with Crippen LogP contribution in [0.15, 0.2) is 48.5 Å². The Bertz CT molecular complexity index is 646. The molecule has 0 saturated carbocycles. The van der Waals surface area contributed by atoms with Crippen molar-refractivity contribution in [3.8, 4) is 0 Å². The first-order chi connectivity index (χ1) is 9.92. The van der Waals surface area contributed by atoms with Crippen LogP contribution in [-0.2, 0) is 15.0 Å². The molecule has 4 heteroatoms. The Morgan fingerprint density at radius 2 is 1.10 bits per heavy atom. The molecule has 4 N–H and O–H groups in total. The van der Waals surface area contributed by atoms with Crippen molar-refractivity contribution in [2.45, 2.75) is 19.3 Å². The molecular weight excluding hydrogens is 264 g/mol. The van der Waals surface area contributed by atoms with Crippen LogP contribution in [0.25, 0.3) is 0 Å². The number of rotatable bonds is 4. The van der Waals surface area contributed by atoms with Gasteiger partial charge in [-0.2, -0.15) is 0 Å². The molecule has 0 aromatic heterocycles. The molecule has 0 aliphatic carbocycles. The molecule has 2 aromatic carbocycles. The Morgan fingerprint density at radius 3 is 1.38 bits per heavy atom. The lowest BCUT2D eigenvalue weighted by molar-refractivity contribution is -0.132. The summed E-state index contributed by atoms with van der Waals surface area (Å²) in [6, 6.07) is 14.3. The van der Waals surface area contributed by atoms with E-state index < -0.39 is 17.2 Å². The summed E-state index contributed by atoms with van der Waals surface area (Å²) in [5.74, 6) is -1.53. The minimum atomic E-state index is -1.66. The van der Waals surface area contributed by atoms with Crippen LogP contribution in [0.1, 0.15) is 22.3 Å². The fraction of sp³-hybridized carbons (Fsp3) is 0.176. The maximum Gasteiger partial charge on any atom is 0.242 e. The van der Waals surface area contributed by atoms with Gasteiger partial charge in [0.15, 0.2) is 5.41 Å². The first-order valence-corrected chi connectivity index (χ1v) is 6.64. The van der Waals surface area contributed by atoms with E-state index in [1.165, 1.54) is 0 Å². The van der Waals surface area contributed by atoms with Gasteiger partial charge in [0.05, 0.1) is 0 Å². The molecule has 0 bridgehead atoms. The van der Waals surface area contributed by atoms with E-state index >= 15 is 0 Å². The van der Waals surface area contributed by atoms with Crippen LogP contribution in [0.4, 0.5) is 0 Å². The number of aryl methyl sites for hydroxylation is 2. The first-order valence-electron chi connectivity index (χ1n) is 6.64. The topological polar surface area (TPSA) is 86.2 Å². The van der Waals surface area contributed by atoms with Gasteiger partial charge in [0.2, 0.25) is 11.8 Å². The van der Waals surface area contributed by atoms with Gasteiger partial charge in [-0.05, 0) is 36.1 Å². The van der Waals surface area contributed by atoms with Gasteiger partial charge in [0, 0.05) is 0 Å². The minimum Gasteiger partial charge on any atom is -0.368 e. The van der Waals surface area contributed by atoms with Gasteiger partial charge >= 0.3 is 0 Å². The summed E-state index contributed by atoms with van der Waals surface area (Å²) in [4.78, 5) is 24.6. The smallest absolute Gasteiger partial charge is 0.242 e. The predicted molar refractivity (Wildman–Crippen MR) is 81.5 cm³/mol. The molecule has 0 heterocycles. The SMILES string of the molecule is Cc1ccccc1C(C(N)=O)(C(N)=O)c1ccccc1C. The average Bonchev–Trinajstić information content (AvgIpc) is 2.42. The molecule has 2 aromatic rings. The number of carbonyl (C=O) groups excluding carboxylic acids is 2.